The summed E-state index contributed by atoms with van der Waals surface area (Å²) in [5.74, 6) is -13.6. The predicted molar refractivity (Wildman–Crippen MR) is 111 cm³/mol. The van der Waals surface area contributed by atoms with Crippen molar-refractivity contribution in [2.45, 2.75) is 36.4 Å². The van der Waals surface area contributed by atoms with Crippen LogP contribution < -0.4 is 16.7 Å². The SMILES string of the molecule is CC(F)(F)C(F)(F)CCOc1ccc([Te]c2ccc(OCC(F)(F)C(F)(F)S(=O)(=O)O)cc2)cc1. The van der Waals surface area contributed by atoms with Crippen LogP contribution in [0.3, 0.4) is 0 Å². The van der Waals surface area contributed by atoms with E-state index in [1.807, 2.05) is 0 Å². The Morgan fingerprint density at radius 1 is 0.771 bits per heavy atom. The predicted octanol–water partition coefficient (Wildman–Crippen LogP) is 3.90. The van der Waals surface area contributed by atoms with Crippen molar-refractivity contribution in [3.8, 4) is 11.5 Å². The number of halogens is 8. The minimum atomic E-state index is -6.36. The van der Waals surface area contributed by atoms with Crippen molar-refractivity contribution in [1.29, 1.82) is 0 Å². The van der Waals surface area contributed by atoms with Crippen molar-refractivity contribution in [1.82, 2.24) is 0 Å². The summed E-state index contributed by atoms with van der Waals surface area (Å²) >= 11 is -1.03. The zero-order valence-electron chi connectivity index (χ0n) is 17.7. The van der Waals surface area contributed by atoms with E-state index in [0.29, 0.717) is 0 Å². The normalized spacial score (nSPS) is 13.5. The van der Waals surface area contributed by atoms with Gasteiger partial charge in [-0.1, -0.05) is 0 Å². The molecule has 2 aromatic carbocycles. The molecule has 2 rings (SSSR count). The summed E-state index contributed by atoms with van der Waals surface area (Å²) in [5, 5.41) is -5.73. The molecule has 0 saturated carbocycles. The third kappa shape index (κ3) is 7.58. The van der Waals surface area contributed by atoms with Crippen LogP contribution in [-0.4, -0.2) is 70.1 Å². The molecule has 0 aliphatic rings. The van der Waals surface area contributed by atoms with E-state index in [2.05, 4.69) is 4.74 Å². The van der Waals surface area contributed by atoms with E-state index in [9.17, 15) is 43.5 Å². The monoisotopic (exact) mass is 652 g/mol. The Balaban J connectivity index is 1.90. The van der Waals surface area contributed by atoms with Gasteiger partial charge in [0.05, 0.1) is 0 Å². The third-order valence-corrected chi connectivity index (χ3v) is 8.23. The summed E-state index contributed by atoms with van der Waals surface area (Å²) in [6.45, 7) is -2.50. The van der Waals surface area contributed by atoms with Gasteiger partial charge in [-0.2, -0.15) is 0 Å². The molecule has 196 valence electrons. The molecule has 0 spiro atoms. The molecule has 0 bridgehead atoms. The molecule has 0 atom stereocenters. The molecule has 35 heavy (non-hydrogen) atoms. The van der Waals surface area contributed by atoms with Gasteiger partial charge < -0.3 is 0 Å². The molecule has 0 amide bonds. The van der Waals surface area contributed by atoms with Gasteiger partial charge >= 0.3 is 205 Å². The van der Waals surface area contributed by atoms with Crippen LogP contribution in [0.5, 0.6) is 11.5 Å². The maximum absolute atomic E-state index is 13.5. The molecule has 0 fully saturated rings. The van der Waals surface area contributed by atoms with Crippen molar-refractivity contribution in [3.05, 3.63) is 48.5 Å². The first kappa shape index (κ1) is 29.4. The van der Waals surface area contributed by atoms with Crippen molar-refractivity contribution in [2.75, 3.05) is 13.2 Å². The van der Waals surface area contributed by atoms with Crippen LogP contribution in [0.2, 0.25) is 0 Å². The van der Waals surface area contributed by atoms with Crippen LogP contribution in [0, 0.1) is 0 Å². The first-order chi connectivity index (χ1) is 15.9. The molecule has 2 aromatic rings. The number of ether oxygens (including phenoxy) is 2. The van der Waals surface area contributed by atoms with E-state index in [1.54, 1.807) is 12.1 Å². The molecule has 0 unspecified atom stereocenters. The minimum absolute atomic E-state index is 0.127. The summed E-state index contributed by atoms with van der Waals surface area (Å²) in [6.07, 6.45) is -1.17. The zero-order chi connectivity index (χ0) is 26.7. The Kier molecular flexibility index (Phi) is 8.96. The van der Waals surface area contributed by atoms with Gasteiger partial charge in [0.15, 0.2) is 0 Å². The van der Waals surface area contributed by atoms with Crippen LogP contribution in [0.15, 0.2) is 48.5 Å². The fourth-order valence-corrected chi connectivity index (χ4v) is 5.07. The topological polar surface area (TPSA) is 72.8 Å². The second kappa shape index (κ2) is 10.7. The first-order valence-electron chi connectivity index (χ1n) is 9.48. The van der Waals surface area contributed by atoms with Crippen LogP contribution in [0.4, 0.5) is 35.1 Å². The third-order valence-electron chi connectivity index (χ3n) is 4.38. The molecule has 0 aromatic heterocycles. The Bertz CT molecular complexity index is 1090. The number of rotatable bonds is 12. The molecule has 1 N–H and O–H groups in total. The summed E-state index contributed by atoms with van der Waals surface area (Å²) in [4.78, 5) is 0. The van der Waals surface area contributed by atoms with Crippen molar-refractivity contribution >= 4 is 38.3 Å². The Morgan fingerprint density at radius 3 is 1.60 bits per heavy atom. The molecule has 5 nitrogen and oxygen atoms in total. The average molecular weight is 650 g/mol. The first-order valence-corrected chi connectivity index (χ1v) is 13.2. The fraction of sp³-hybridized carbons (Fsp3) is 0.400. The van der Waals surface area contributed by atoms with Crippen LogP contribution >= 0.6 is 0 Å². The Hall–Kier alpha value is -1.82. The van der Waals surface area contributed by atoms with Crippen LogP contribution in [-0.2, 0) is 10.1 Å². The van der Waals surface area contributed by atoms with Crippen molar-refractivity contribution in [2.24, 2.45) is 0 Å². The fourth-order valence-electron chi connectivity index (χ4n) is 2.31. The van der Waals surface area contributed by atoms with Gasteiger partial charge in [-0.15, -0.1) is 0 Å². The van der Waals surface area contributed by atoms with Crippen LogP contribution in [0.25, 0.3) is 0 Å². The summed E-state index contributed by atoms with van der Waals surface area (Å²) < 4.78 is 146. The van der Waals surface area contributed by atoms with Gasteiger partial charge in [0, 0.05) is 0 Å². The van der Waals surface area contributed by atoms with Crippen LogP contribution in [0.1, 0.15) is 13.3 Å². The van der Waals surface area contributed by atoms with E-state index in [1.165, 1.54) is 36.4 Å². The average Bonchev–Trinajstić information content (AvgIpc) is 2.73. The van der Waals surface area contributed by atoms with E-state index in [-0.39, 0.29) is 18.4 Å². The van der Waals surface area contributed by atoms with Gasteiger partial charge in [-0.25, -0.2) is 0 Å². The summed E-state index contributed by atoms with van der Waals surface area (Å²) in [6, 6.07) is 11.6. The molecule has 15 heteroatoms. The van der Waals surface area contributed by atoms with Gasteiger partial charge in [-0.3, -0.25) is 0 Å². The Morgan fingerprint density at radius 2 is 1.20 bits per heavy atom. The molecule has 0 aliphatic heterocycles. The van der Waals surface area contributed by atoms with Crippen molar-refractivity contribution in [3.63, 3.8) is 0 Å². The number of benzene rings is 2. The number of alkyl halides is 8. The molecule has 0 radical (unpaired) electrons. The zero-order valence-corrected chi connectivity index (χ0v) is 20.8. The quantitative estimate of drug-likeness (QED) is 0.215. The van der Waals surface area contributed by atoms with E-state index >= 15 is 0 Å². The molecular weight excluding hydrogens is 632 g/mol. The standard InChI is InChI=1S/C20H18F8O5STe/c1-17(21,22)18(23,24)10-11-32-13-2-6-15(7-3-13)35-16-8-4-14(5-9-16)33-12-19(25,26)20(27,28)34(29,30)31/h2-9H,10-12H2,1H3,(H,29,30,31). The van der Waals surface area contributed by atoms with Gasteiger partial charge in [-0.05, 0) is 0 Å². The molecule has 0 heterocycles. The maximum atomic E-state index is 13.5. The van der Waals surface area contributed by atoms with E-state index < -0.39 is 73.7 Å². The van der Waals surface area contributed by atoms with Gasteiger partial charge in [0.2, 0.25) is 0 Å². The second-order valence-corrected chi connectivity index (χ2v) is 12.0. The number of hydrogen-bond acceptors (Lipinski definition) is 4. The van der Waals surface area contributed by atoms with Crippen molar-refractivity contribution < 1.29 is 57.6 Å². The second-order valence-electron chi connectivity index (χ2n) is 7.22. The summed E-state index contributed by atoms with van der Waals surface area (Å²) in [7, 11) is -6.36. The molecular formula is C20H18F8O5STe. The number of hydrogen-bond donors (Lipinski definition) is 1. The van der Waals surface area contributed by atoms with E-state index in [0.717, 1.165) is 7.22 Å². The van der Waals surface area contributed by atoms with Gasteiger partial charge in [0.25, 0.3) is 0 Å². The van der Waals surface area contributed by atoms with E-state index in [4.69, 9.17) is 9.29 Å². The molecule has 0 saturated heterocycles. The molecule has 0 aliphatic carbocycles. The van der Waals surface area contributed by atoms with Gasteiger partial charge in [0.1, 0.15) is 0 Å². The Labute approximate surface area is 205 Å². The summed E-state index contributed by atoms with van der Waals surface area (Å²) in [5.41, 5.74) is 0.